The van der Waals surface area contributed by atoms with Crippen LogP contribution < -0.4 is 0 Å². The summed E-state index contributed by atoms with van der Waals surface area (Å²) in [6, 6.07) is 0. The molecule has 0 saturated heterocycles. The van der Waals surface area contributed by atoms with Crippen molar-refractivity contribution in [3.05, 3.63) is 11.6 Å². The van der Waals surface area contributed by atoms with E-state index in [-0.39, 0.29) is 6.61 Å². The zero-order valence-electron chi connectivity index (χ0n) is 8.09. The van der Waals surface area contributed by atoms with Gasteiger partial charge in [-0.15, -0.1) is 0 Å². The van der Waals surface area contributed by atoms with Gasteiger partial charge in [-0.2, -0.15) is 0 Å². The van der Waals surface area contributed by atoms with Gasteiger partial charge in [-0.1, -0.05) is 39.3 Å². The highest BCUT2D eigenvalue weighted by atomic mass is 16.2. The van der Waals surface area contributed by atoms with Crippen molar-refractivity contribution >= 4 is 0 Å². The fraction of sp³-hybridized carbons (Fsp3) is 0.800. The Morgan fingerprint density at radius 1 is 1.18 bits per heavy atom. The third-order valence-corrected chi connectivity index (χ3v) is 1.84. The first-order chi connectivity index (χ1) is 5.09. The summed E-state index contributed by atoms with van der Waals surface area (Å²) in [5.74, 6) is 1.23. The van der Waals surface area contributed by atoms with Crippen LogP contribution in [-0.4, -0.2) is 11.7 Å². The van der Waals surface area contributed by atoms with Crippen molar-refractivity contribution in [2.24, 2.45) is 11.8 Å². The molecule has 0 aliphatic carbocycles. The fourth-order valence-corrected chi connectivity index (χ4v) is 1.37. The van der Waals surface area contributed by atoms with Gasteiger partial charge < -0.3 is 5.11 Å². The lowest BCUT2D eigenvalue weighted by Crippen LogP contribution is -2.02. The number of aliphatic hydroxyl groups is 1. The lowest BCUT2D eigenvalue weighted by molar-refractivity contribution is 0.302. The molecule has 0 saturated carbocycles. The summed E-state index contributed by atoms with van der Waals surface area (Å²) in [7, 11) is 0. The monoisotopic (exact) mass is 156 g/mol. The lowest BCUT2D eigenvalue weighted by atomic mass is 9.92. The predicted octanol–water partition coefficient (Wildman–Crippen LogP) is 2.61. The summed E-state index contributed by atoms with van der Waals surface area (Å²) in [6.07, 6.45) is 2.96. The number of rotatable bonds is 4. The molecule has 0 aromatic rings. The number of hydrogen-bond donors (Lipinski definition) is 1. The fourth-order valence-electron chi connectivity index (χ4n) is 1.37. The van der Waals surface area contributed by atoms with Crippen molar-refractivity contribution in [3.8, 4) is 0 Å². The van der Waals surface area contributed by atoms with E-state index < -0.39 is 0 Å². The first kappa shape index (κ1) is 10.7. The third kappa shape index (κ3) is 4.20. The Morgan fingerprint density at radius 2 is 1.64 bits per heavy atom. The summed E-state index contributed by atoms with van der Waals surface area (Å²) < 4.78 is 0. The minimum absolute atomic E-state index is 0.267. The predicted molar refractivity (Wildman–Crippen MR) is 49.5 cm³/mol. The van der Waals surface area contributed by atoms with Crippen LogP contribution in [0.1, 0.15) is 34.1 Å². The molecule has 0 aliphatic rings. The Balaban J connectivity index is 4.09. The maximum absolute atomic E-state index is 8.63. The maximum atomic E-state index is 8.63. The standard InChI is InChI=1S/C10H20O/c1-8(2)10(9(3)4)6-5-7-11/h6,8-9,11H,5,7H2,1-4H3. The van der Waals surface area contributed by atoms with Gasteiger partial charge in [0.1, 0.15) is 0 Å². The summed E-state index contributed by atoms with van der Waals surface area (Å²) in [5.41, 5.74) is 1.46. The normalized spacial score (nSPS) is 10.8. The third-order valence-electron chi connectivity index (χ3n) is 1.84. The Labute approximate surface area is 70.1 Å². The van der Waals surface area contributed by atoms with E-state index in [0.29, 0.717) is 11.8 Å². The molecule has 66 valence electrons. The zero-order chi connectivity index (χ0) is 8.85. The molecule has 0 amide bonds. The summed E-state index contributed by atoms with van der Waals surface area (Å²) >= 11 is 0. The van der Waals surface area contributed by atoms with Gasteiger partial charge in [-0.25, -0.2) is 0 Å². The SMILES string of the molecule is CC(C)C(=CCCO)C(C)C. The first-order valence-corrected chi connectivity index (χ1v) is 4.40. The van der Waals surface area contributed by atoms with Crippen LogP contribution in [0.4, 0.5) is 0 Å². The molecule has 1 nitrogen and oxygen atoms in total. The quantitative estimate of drug-likeness (QED) is 0.620. The Kier molecular flexibility index (Phi) is 5.22. The molecule has 0 bridgehead atoms. The van der Waals surface area contributed by atoms with Gasteiger partial charge in [-0.3, -0.25) is 0 Å². The molecular formula is C10H20O. The highest BCUT2D eigenvalue weighted by Crippen LogP contribution is 2.19. The molecule has 0 aliphatic heterocycles. The van der Waals surface area contributed by atoms with E-state index in [4.69, 9.17) is 5.11 Å². The molecular weight excluding hydrogens is 136 g/mol. The van der Waals surface area contributed by atoms with E-state index >= 15 is 0 Å². The first-order valence-electron chi connectivity index (χ1n) is 4.40. The van der Waals surface area contributed by atoms with E-state index in [1.165, 1.54) is 5.57 Å². The molecule has 0 spiro atoms. The molecule has 0 atom stereocenters. The second kappa shape index (κ2) is 5.36. The molecule has 0 fully saturated rings. The molecule has 0 unspecified atom stereocenters. The van der Waals surface area contributed by atoms with Crippen LogP contribution in [0, 0.1) is 11.8 Å². The average molecular weight is 156 g/mol. The number of aliphatic hydroxyl groups excluding tert-OH is 1. The van der Waals surface area contributed by atoms with Gasteiger partial charge in [0.25, 0.3) is 0 Å². The van der Waals surface area contributed by atoms with Crippen molar-refractivity contribution in [1.29, 1.82) is 0 Å². The van der Waals surface area contributed by atoms with E-state index in [9.17, 15) is 0 Å². The minimum atomic E-state index is 0.267. The van der Waals surface area contributed by atoms with Crippen LogP contribution in [0.3, 0.4) is 0 Å². The summed E-state index contributed by atoms with van der Waals surface area (Å²) in [4.78, 5) is 0. The molecule has 0 rings (SSSR count). The van der Waals surface area contributed by atoms with Crippen molar-refractivity contribution in [2.75, 3.05) is 6.61 Å². The molecule has 0 radical (unpaired) electrons. The van der Waals surface area contributed by atoms with Crippen molar-refractivity contribution in [3.63, 3.8) is 0 Å². The van der Waals surface area contributed by atoms with Gasteiger partial charge in [0.15, 0.2) is 0 Å². The molecule has 11 heavy (non-hydrogen) atoms. The highest BCUT2D eigenvalue weighted by molar-refractivity contribution is 5.07. The molecule has 0 aromatic carbocycles. The van der Waals surface area contributed by atoms with E-state index in [1.807, 2.05) is 0 Å². The van der Waals surface area contributed by atoms with Gasteiger partial charge in [-0.05, 0) is 18.3 Å². The molecule has 1 heteroatoms. The summed E-state index contributed by atoms with van der Waals surface area (Å²) in [6.45, 7) is 9.06. The lowest BCUT2D eigenvalue weighted by Gasteiger charge is -2.14. The van der Waals surface area contributed by atoms with Gasteiger partial charge in [0, 0.05) is 6.61 Å². The second-order valence-electron chi connectivity index (χ2n) is 3.53. The van der Waals surface area contributed by atoms with Crippen LogP contribution in [0.2, 0.25) is 0 Å². The van der Waals surface area contributed by atoms with Gasteiger partial charge in [0.2, 0.25) is 0 Å². The van der Waals surface area contributed by atoms with Crippen LogP contribution in [0.15, 0.2) is 11.6 Å². The van der Waals surface area contributed by atoms with Crippen LogP contribution in [-0.2, 0) is 0 Å². The van der Waals surface area contributed by atoms with Crippen LogP contribution in [0.25, 0.3) is 0 Å². The number of hydrogen-bond acceptors (Lipinski definition) is 1. The van der Waals surface area contributed by atoms with Crippen LogP contribution >= 0.6 is 0 Å². The van der Waals surface area contributed by atoms with Crippen LogP contribution in [0.5, 0.6) is 0 Å². The topological polar surface area (TPSA) is 20.2 Å². The Bertz CT molecular complexity index is 113. The average Bonchev–Trinajstić information content (AvgIpc) is 1.87. The Hall–Kier alpha value is -0.300. The maximum Gasteiger partial charge on any atom is 0.0465 e. The van der Waals surface area contributed by atoms with Crippen molar-refractivity contribution < 1.29 is 5.11 Å². The van der Waals surface area contributed by atoms with Gasteiger partial charge in [0.05, 0.1) is 0 Å². The van der Waals surface area contributed by atoms with E-state index in [1.54, 1.807) is 0 Å². The highest BCUT2D eigenvalue weighted by Gasteiger charge is 2.06. The van der Waals surface area contributed by atoms with E-state index in [2.05, 4.69) is 33.8 Å². The molecule has 0 heterocycles. The molecule has 0 aromatic heterocycles. The summed E-state index contributed by atoms with van der Waals surface area (Å²) in [5, 5.41) is 8.63. The van der Waals surface area contributed by atoms with E-state index in [0.717, 1.165) is 6.42 Å². The molecule has 1 N–H and O–H groups in total. The minimum Gasteiger partial charge on any atom is -0.396 e. The smallest absolute Gasteiger partial charge is 0.0465 e. The Morgan fingerprint density at radius 3 is 1.91 bits per heavy atom. The zero-order valence-corrected chi connectivity index (χ0v) is 8.09. The van der Waals surface area contributed by atoms with Crippen molar-refractivity contribution in [2.45, 2.75) is 34.1 Å². The largest absolute Gasteiger partial charge is 0.396 e. The van der Waals surface area contributed by atoms with Crippen molar-refractivity contribution in [1.82, 2.24) is 0 Å². The second-order valence-corrected chi connectivity index (χ2v) is 3.53. The number of allylic oxidation sites excluding steroid dienone is 1. The van der Waals surface area contributed by atoms with Gasteiger partial charge >= 0.3 is 0 Å².